The number of non-ortho nitro benzene ring substituents is 1. The number of sulfonamides is 1. The molecule has 0 spiro atoms. The van der Waals surface area contributed by atoms with Gasteiger partial charge in [0.25, 0.3) is 15.7 Å². The van der Waals surface area contributed by atoms with E-state index in [9.17, 15) is 23.6 Å². The average molecular weight is 451 g/mol. The van der Waals surface area contributed by atoms with Crippen LogP contribution >= 0.6 is 0 Å². The number of quaternary nitrogens is 1. The third-order valence-electron chi connectivity index (χ3n) is 5.43. The quantitative estimate of drug-likeness (QED) is 0.439. The third-order valence-corrected chi connectivity index (χ3v) is 7.23. The number of nitro groups is 1. The topological polar surface area (TPSA) is 114 Å². The summed E-state index contributed by atoms with van der Waals surface area (Å²) >= 11 is 0. The summed E-state index contributed by atoms with van der Waals surface area (Å²) in [7, 11) is -2.74. The molecule has 1 fully saturated rings. The SMILES string of the molecule is COc1ccc([N+](=O)[O-])cc1N(C[C@@H](O)C[NH+]1CCCCC1)S(=O)(=O)c1ccccc1. The molecule has 168 valence electrons. The van der Waals surface area contributed by atoms with Crippen molar-refractivity contribution in [3.05, 3.63) is 58.6 Å². The van der Waals surface area contributed by atoms with Gasteiger partial charge in [0.1, 0.15) is 24.1 Å². The lowest BCUT2D eigenvalue weighted by Gasteiger charge is -2.30. The van der Waals surface area contributed by atoms with E-state index in [0.29, 0.717) is 6.54 Å². The van der Waals surface area contributed by atoms with E-state index >= 15 is 0 Å². The predicted molar refractivity (Wildman–Crippen MR) is 116 cm³/mol. The Kier molecular flexibility index (Phi) is 7.47. The minimum atomic E-state index is -4.10. The van der Waals surface area contributed by atoms with Crippen LogP contribution in [0.15, 0.2) is 53.4 Å². The van der Waals surface area contributed by atoms with E-state index in [2.05, 4.69) is 0 Å². The van der Waals surface area contributed by atoms with Gasteiger partial charge in [-0.3, -0.25) is 14.4 Å². The van der Waals surface area contributed by atoms with Crippen molar-refractivity contribution in [3.8, 4) is 5.75 Å². The molecule has 9 nitrogen and oxygen atoms in total. The summed E-state index contributed by atoms with van der Waals surface area (Å²) in [6, 6.07) is 11.6. The van der Waals surface area contributed by atoms with E-state index in [-0.39, 0.29) is 28.6 Å². The van der Waals surface area contributed by atoms with Crippen LogP contribution in [0.4, 0.5) is 11.4 Å². The number of aliphatic hydroxyl groups is 1. The molecule has 2 aromatic rings. The maximum absolute atomic E-state index is 13.5. The van der Waals surface area contributed by atoms with Crippen molar-refractivity contribution in [1.29, 1.82) is 0 Å². The first kappa shape index (κ1) is 23.0. The number of ether oxygens (including phenoxy) is 1. The van der Waals surface area contributed by atoms with Gasteiger partial charge in [-0.25, -0.2) is 8.42 Å². The van der Waals surface area contributed by atoms with Crippen molar-refractivity contribution in [1.82, 2.24) is 0 Å². The zero-order valence-electron chi connectivity index (χ0n) is 17.4. The highest BCUT2D eigenvalue weighted by Crippen LogP contribution is 2.35. The molecule has 10 heteroatoms. The number of rotatable bonds is 9. The molecule has 0 unspecified atom stereocenters. The van der Waals surface area contributed by atoms with Crippen LogP contribution in [0, 0.1) is 10.1 Å². The Balaban J connectivity index is 2.00. The molecule has 1 heterocycles. The van der Waals surface area contributed by atoms with E-state index in [4.69, 9.17) is 4.74 Å². The van der Waals surface area contributed by atoms with E-state index in [1.54, 1.807) is 18.2 Å². The highest BCUT2D eigenvalue weighted by Gasteiger charge is 2.32. The Labute approximate surface area is 182 Å². The molecule has 0 aromatic heterocycles. The molecule has 2 aromatic carbocycles. The number of nitrogens with zero attached hydrogens (tertiary/aromatic N) is 2. The highest BCUT2D eigenvalue weighted by atomic mass is 32.2. The first-order valence-corrected chi connectivity index (χ1v) is 11.7. The summed E-state index contributed by atoms with van der Waals surface area (Å²) < 4.78 is 33.3. The normalized spacial score (nSPS) is 15.9. The third kappa shape index (κ3) is 5.52. The Morgan fingerprint density at radius 2 is 1.84 bits per heavy atom. The lowest BCUT2D eigenvalue weighted by Crippen LogP contribution is -3.14. The number of aliphatic hydroxyl groups excluding tert-OH is 1. The second kappa shape index (κ2) is 10.1. The van der Waals surface area contributed by atoms with Crippen molar-refractivity contribution < 1.29 is 28.1 Å². The Hall–Kier alpha value is -2.69. The molecule has 0 bridgehead atoms. The van der Waals surface area contributed by atoms with Crippen LogP contribution in [0.1, 0.15) is 19.3 Å². The number of anilines is 1. The molecule has 0 radical (unpaired) electrons. The maximum atomic E-state index is 13.5. The van der Waals surface area contributed by atoms with Gasteiger partial charge in [-0.2, -0.15) is 0 Å². The molecule has 1 aliphatic heterocycles. The van der Waals surface area contributed by atoms with E-state index in [0.717, 1.165) is 30.2 Å². The molecule has 31 heavy (non-hydrogen) atoms. The molecular formula is C21H28N3O6S+. The molecule has 1 atom stereocenters. The number of methoxy groups -OCH3 is 1. The summed E-state index contributed by atoms with van der Waals surface area (Å²) in [6.45, 7) is 2.03. The van der Waals surface area contributed by atoms with Crippen LogP contribution in [0.3, 0.4) is 0 Å². The fourth-order valence-electron chi connectivity index (χ4n) is 3.88. The van der Waals surface area contributed by atoms with Crippen LogP contribution in [0.2, 0.25) is 0 Å². The number of nitro benzene ring substituents is 1. The van der Waals surface area contributed by atoms with E-state index < -0.39 is 21.1 Å². The van der Waals surface area contributed by atoms with Crippen molar-refractivity contribution in [2.24, 2.45) is 0 Å². The molecule has 1 saturated heterocycles. The lowest BCUT2D eigenvalue weighted by molar-refractivity contribution is -0.907. The summed E-state index contributed by atoms with van der Waals surface area (Å²) in [5.74, 6) is 0.169. The summed E-state index contributed by atoms with van der Waals surface area (Å²) in [4.78, 5) is 12.0. The monoisotopic (exact) mass is 450 g/mol. The fourth-order valence-corrected chi connectivity index (χ4v) is 5.40. The highest BCUT2D eigenvalue weighted by molar-refractivity contribution is 7.92. The van der Waals surface area contributed by atoms with Gasteiger partial charge in [0.2, 0.25) is 0 Å². The van der Waals surface area contributed by atoms with Gasteiger partial charge in [0.05, 0.1) is 36.6 Å². The zero-order chi connectivity index (χ0) is 22.4. The number of hydrogen-bond acceptors (Lipinski definition) is 6. The maximum Gasteiger partial charge on any atom is 0.271 e. The number of piperidine rings is 1. The Bertz CT molecular complexity index is 993. The second-order valence-electron chi connectivity index (χ2n) is 7.63. The summed E-state index contributed by atoms with van der Waals surface area (Å²) in [5, 5.41) is 22.1. The Morgan fingerprint density at radius 1 is 1.16 bits per heavy atom. The smallest absolute Gasteiger partial charge is 0.271 e. The minimum Gasteiger partial charge on any atom is -0.495 e. The molecular weight excluding hydrogens is 422 g/mol. The van der Waals surface area contributed by atoms with Gasteiger partial charge in [0, 0.05) is 12.1 Å². The summed E-state index contributed by atoms with van der Waals surface area (Å²) in [6.07, 6.45) is 2.37. The number of likely N-dealkylation sites (tertiary alicyclic amines) is 1. The van der Waals surface area contributed by atoms with Crippen molar-refractivity contribution in [3.63, 3.8) is 0 Å². The van der Waals surface area contributed by atoms with Crippen LogP contribution < -0.4 is 13.9 Å². The first-order valence-electron chi connectivity index (χ1n) is 10.2. The Morgan fingerprint density at radius 3 is 2.45 bits per heavy atom. The molecule has 0 aliphatic carbocycles. The van der Waals surface area contributed by atoms with Crippen molar-refractivity contribution >= 4 is 21.4 Å². The minimum absolute atomic E-state index is 0.0215. The van der Waals surface area contributed by atoms with Crippen LogP contribution in [-0.4, -0.2) is 57.8 Å². The van der Waals surface area contributed by atoms with Crippen LogP contribution in [-0.2, 0) is 10.0 Å². The van der Waals surface area contributed by atoms with Gasteiger partial charge in [0.15, 0.2) is 0 Å². The standard InChI is InChI=1S/C21H27N3O6S/c1-30-21-11-10-17(24(26)27)14-20(21)23(31(28,29)19-8-4-2-5-9-19)16-18(25)15-22-12-6-3-7-13-22/h2,4-5,8-11,14,18,25H,3,6-7,12-13,15-16H2,1H3/p+1/t18-/m0/s1. The van der Waals surface area contributed by atoms with Gasteiger partial charge >= 0.3 is 0 Å². The van der Waals surface area contributed by atoms with Gasteiger partial charge in [-0.05, 0) is 37.5 Å². The fraction of sp³-hybridized carbons (Fsp3) is 0.429. The molecule has 1 aliphatic rings. The van der Waals surface area contributed by atoms with Crippen LogP contribution in [0.5, 0.6) is 5.75 Å². The largest absolute Gasteiger partial charge is 0.495 e. The predicted octanol–water partition coefficient (Wildman–Crippen LogP) is 1.23. The lowest BCUT2D eigenvalue weighted by atomic mass is 10.1. The van der Waals surface area contributed by atoms with Gasteiger partial charge in [-0.15, -0.1) is 0 Å². The van der Waals surface area contributed by atoms with Crippen molar-refractivity contribution in [2.75, 3.05) is 37.6 Å². The van der Waals surface area contributed by atoms with E-state index in [1.807, 2.05) is 0 Å². The van der Waals surface area contributed by atoms with E-state index in [1.165, 1.54) is 48.8 Å². The summed E-state index contributed by atoms with van der Waals surface area (Å²) in [5.41, 5.74) is -0.242. The molecule has 0 saturated carbocycles. The number of benzene rings is 2. The second-order valence-corrected chi connectivity index (χ2v) is 9.49. The molecule has 0 amide bonds. The molecule has 3 rings (SSSR count). The number of hydrogen-bond donors (Lipinski definition) is 2. The van der Waals surface area contributed by atoms with Gasteiger partial charge in [-0.1, -0.05) is 18.2 Å². The molecule has 2 N–H and O–H groups in total. The van der Waals surface area contributed by atoms with Gasteiger partial charge < -0.3 is 14.7 Å². The van der Waals surface area contributed by atoms with Crippen LogP contribution in [0.25, 0.3) is 0 Å². The first-order chi connectivity index (χ1) is 14.8. The van der Waals surface area contributed by atoms with Crippen molar-refractivity contribution in [2.45, 2.75) is 30.3 Å². The number of nitrogens with one attached hydrogen (secondary N) is 1. The average Bonchev–Trinajstić information content (AvgIpc) is 2.78. The zero-order valence-corrected chi connectivity index (χ0v) is 18.3.